The molecule has 32 heavy (non-hydrogen) atoms. The largest absolute Gasteiger partial charge is 0.502 e. The zero-order valence-corrected chi connectivity index (χ0v) is 18.2. The Morgan fingerprint density at radius 1 is 1.06 bits per heavy atom. The van der Waals surface area contributed by atoms with E-state index in [0.29, 0.717) is 11.3 Å². The third kappa shape index (κ3) is 5.96. The van der Waals surface area contributed by atoms with Crippen LogP contribution < -0.4 is 20.2 Å². The van der Waals surface area contributed by atoms with Crippen molar-refractivity contribution in [3.8, 4) is 22.6 Å². The highest BCUT2D eigenvalue weighted by atomic mass is 32.2. The monoisotopic (exact) mass is 458 g/mol. The zero-order valence-electron chi connectivity index (χ0n) is 17.4. The van der Waals surface area contributed by atoms with Gasteiger partial charge in [0.1, 0.15) is 18.1 Å². The van der Waals surface area contributed by atoms with Gasteiger partial charge in [-0.15, -0.1) is 0 Å². The molecule has 168 valence electrons. The number of ether oxygens (including phenoxy) is 1. The van der Waals surface area contributed by atoms with E-state index in [9.17, 15) is 23.1 Å². The highest BCUT2D eigenvalue weighted by Crippen LogP contribution is 2.24. The summed E-state index contributed by atoms with van der Waals surface area (Å²) in [7, 11) is -1.90. The molecular weight excluding hydrogens is 436 g/mol. The number of sulfonamides is 1. The number of hydrogen-bond donors (Lipinski definition) is 3. The summed E-state index contributed by atoms with van der Waals surface area (Å²) in [6.07, 6.45) is 0.982. The standard InChI is InChI=1S/C22H22N2O7S/c1-23-22(27)16-5-3-14(4-6-16)15-7-9-17(10-8-15)30-13-20-21(26)19(25)11-18(31-20)12-24-32(2,28)29/h3-11,24,26H,12-13H2,1-2H3,(H,23,27). The van der Waals surface area contributed by atoms with Crippen LogP contribution in [0.15, 0.2) is 63.8 Å². The van der Waals surface area contributed by atoms with E-state index in [1.807, 2.05) is 24.3 Å². The molecule has 10 heteroatoms. The molecule has 1 aromatic heterocycles. The number of nitrogens with one attached hydrogen (secondary N) is 2. The summed E-state index contributed by atoms with van der Waals surface area (Å²) in [6.45, 7) is -0.456. The molecule has 1 amide bonds. The van der Waals surface area contributed by atoms with Gasteiger partial charge in [0.15, 0.2) is 5.76 Å². The molecule has 3 aromatic rings. The van der Waals surface area contributed by atoms with Crippen LogP contribution >= 0.6 is 0 Å². The number of carbonyl (C=O) groups excluding carboxylic acids is 1. The third-order valence-electron chi connectivity index (χ3n) is 4.48. The molecule has 3 rings (SSSR count). The van der Waals surface area contributed by atoms with Crippen LogP contribution in [-0.4, -0.2) is 32.7 Å². The van der Waals surface area contributed by atoms with Gasteiger partial charge >= 0.3 is 0 Å². The van der Waals surface area contributed by atoms with Crippen molar-refractivity contribution in [3.63, 3.8) is 0 Å². The van der Waals surface area contributed by atoms with E-state index in [0.717, 1.165) is 23.4 Å². The predicted octanol–water partition coefficient (Wildman–Crippen LogP) is 2.00. The summed E-state index contributed by atoms with van der Waals surface area (Å²) in [5.74, 6) is -0.353. The SMILES string of the molecule is CNC(=O)c1ccc(-c2ccc(OCc3oc(CNS(C)(=O)=O)cc(=O)c3O)cc2)cc1. The van der Waals surface area contributed by atoms with Crippen LogP contribution in [-0.2, 0) is 23.2 Å². The average molecular weight is 458 g/mol. The zero-order chi connectivity index (χ0) is 23.3. The summed E-state index contributed by atoms with van der Waals surface area (Å²) >= 11 is 0. The fourth-order valence-corrected chi connectivity index (χ4v) is 3.23. The summed E-state index contributed by atoms with van der Waals surface area (Å²) in [6, 6.07) is 15.2. The van der Waals surface area contributed by atoms with Crippen LogP contribution in [0.25, 0.3) is 11.1 Å². The van der Waals surface area contributed by atoms with E-state index >= 15 is 0 Å². The average Bonchev–Trinajstić information content (AvgIpc) is 2.78. The van der Waals surface area contributed by atoms with Crippen molar-refractivity contribution in [2.45, 2.75) is 13.2 Å². The first-order valence-electron chi connectivity index (χ1n) is 9.51. The Hall–Kier alpha value is -3.63. The minimum absolute atomic E-state index is 0.0485. The van der Waals surface area contributed by atoms with Gasteiger partial charge in [-0.05, 0) is 35.4 Å². The topological polar surface area (TPSA) is 135 Å². The fraction of sp³-hybridized carbons (Fsp3) is 0.182. The first-order chi connectivity index (χ1) is 15.2. The van der Waals surface area contributed by atoms with E-state index in [1.54, 1.807) is 31.3 Å². The first-order valence-corrected chi connectivity index (χ1v) is 11.4. The van der Waals surface area contributed by atoms with Gasteiger partial charge in [-0.2, -0.15) is 0 Å². The molecule has 0 aliphatic heterocycles. The Bertz CT molecular complexity index is 1270. The lowest BCUT2D eigenvalue weighted by Crippen LogP contribution is -2.22. The number of rotatable bonds is 8. The van der Waals surface area contributed by atoms with Gasteiger partial charge in [0.2, 0.25) is 21.2 Å². The van der Waals surface area contributed by atoms with E-state index < -0.39 is 21.2 Å². The van der Waals surface area contributed by atoms with E-state index in [2.05, 4.69) is 10.0 Å². The Morgan fingerprint density at radius 2 is 1.66 bits per heavy atom. The Labute approximate surface area is 184 Å². The lowest BCUT2D eigenvalue weighted by atomic mass is 10.0. The fourth-order valence-electron chi connectivity index (χ4n) is 2.83. The van der Waals surface area contributed by atoms with Crippen molar-refractivity contribution in [3.05, 3.63) is 81.9 Å². The summed E-state index contributed by atoms with van der Waals surface area (Å²) < 4.78 is 35.7. The number of carbonyl (C=O) groups is 1. The van der Waals surface area contributed by atoms with Gasteiger partial charge in [-0.1, -0.05) is 24.3 Å². The van der Waals surface area contributed by atoms with Gasteiger partial charge in [0, 0.05) is 18.7 Å². The summed E-state index contributed by atoms with van der Waals surface area (Å²) in [5.41, 5.74) is 1.69. The Balaban J connectivity index is 1.69. The van der Waals surface area contributed by atoms with Crippen LogP contribution in [0.1, 0.15) is 21.9 Å². The lowest BCUT2D eigenvalue weighted by Gasteiger charge is -2.10. The molecule has 1 heterocycles. The maximum atomic E-state index is 11.9. The van der Waals surface area contributed by atoms with Gasteiger partial charge in [0.25, 0.3) is 5.91 Å². The van der Waals surface area contributed by atoms with Crippen LogP contribution in [0.5, 0.6) is 11.5 Å². The molecule has 0 aliphatic carbocycles. The van der Waals surface area contributed by atoms with Gasteiger partial charge in [-0.3, -0.25) is 9.59 Å². The number of hydrogen-bond acceptors (Lipinski definition) is 7. The predicted molar refractivity (Wildman–Crippen MR) is 118 cm³/mol. The minimum atomic E-state index is -3.47. The summed E-state index contributed by atoms with van der Waals surface area (Å²) in [4.78, 5) is 23.6. The second-order valence-electron chi connectivity index (χ2n) is 6.91. The van der Waals surface area contributed by atoms with Crippen molar-refractivity contribution < 1.29 is 27.5 Å². The molecule has 0 aliphatic rings. The molecule has 0 saturated carbocycles. The molecular formula is C22H22N2O7S. The Morgan fingerprint density at radius 3 is 2.22 bits per heavy atom. The van der Waals surface area contributed by atoms with Crippen molar-refractivity contribution >= 4 is 15.9 Å². The number of aromatic hydroxyl groups is 1. The van der Waals surface area contributed by atoms with Crippen LogP contribution in [0.2, 0.25) is 0 Å². The van der Waals surface area contributed by atoms with Crippen molar-refractivity contribution in [2.75, 3.05) is 13.3 Å². The van der Waals surface area contributed by atoms with Crippen molar-refractivity contribution in [2.24, 2.45) is 0 Å². The molecule has 3 N–H and O–H groups in total. The van der Waals surface area contributed by atoms with Gasteiger partial charge < -0.3 is 19.6 Å². The van der Waals surface area contributed by atoms with Crippen LogP contribution in [0.3, 0.4) is 0 Å². The second kappa shape index (κ2) is 9.67. The Kier molecular flexibility index (Phi) is 6.96. The highest BCUT2D eigenvalue weighted by molar-refractivity contribution is 7.88. The normalized spacial score (nSPS) is 11.2. The first kappa shape index (κ1) is 23.0. The molecule has 0 saturated heterocycles. The quantitative estimate of drug-likeness (QED) is 0.470. The molecule has 0 atom stereocenters. The van der Waals surface area contributed by atoms with E-state index in [4.69, 9.17) is 9.15 Å². The maximum absolute atomic E-state index is 11.9. The third-order valence-corrected chi connectivity index (χ3v) is 5.15. The van der Waals surface area contributed by atoms with Crippen LogP contribution in [0.4, 0.5) is 0 Å². The second-order valence-corrected chi connectivity index (χ2v) is 8.74. The minimum Gasteiger partial charge on any atom is -0.502 e. The molecule has 0 bridgehead atoms. The lowest BCUT2D eigenvalue weighted by molar-refractivity contribution is 0.0963. The van der Waals surface area contributed by atoms with Crippen molar-refractivity contribution in [1.82, 2.24) is 10.0 Å². The summed E-state index contributed by atoms with van der Waals surface area (Å²) in [5, 5.41) is 12.5. The molecule has 0 spiro atoms. The molecule has 0 fully saturated rings. The molecule has 0 unspecified atom stereocenters. The highest BCUT2D eigenvalue weighted by Gasteiger charge is 2.13. The molecule has 2 aromatic carbocycles. The smallest absolute Gasteiger partial charge is 0.251 e. The van der Waals surface area contributed by atoms with Gasteiger partial charge in [-0.25, -0.2) is 13.1 Å². The number of amides is 1. The van der Waals surface area contributed by atoms with E-state index in [-0.39, 0.29) is 30.6 Å². The van der Waals surface area contributed by atoms with Crippen LogP contribution in [0, 0.1) is 0 Å². The van der Waals surface area contributed by atoms with E-state index in [1.165, 1.54) is 0 Å². The number of benzene rings is 2. The van der Waals surface area contributed by atoms with Gasteiger partial charge in [0.05, 0.1) is 12.8 Å². The maximum Gasteiger partial charge on any atom is 0.251 e. The molecule has 9 nitrogen and oxygen atoms in total. The molecule has 0 radical (unpaired) electrons. The van der Waals surface area contributed by atoms with Crippen molar-refractivity contribution in [1.29, 1.82) is 0 Å².